The number of hydrogen-bond donors (Lipinski definition) is 1. The molecule has 1 unspecified atom stereocenters. The molecule has 1 atom stereocenters. The molecule has 0 spiro atoms. The lowest BCUT2D eigenvalue weighted by atomic mass is 9.94. The zero-order chi connectivity index (χ0) is 24.4. The first-order valence-corrected chi connectivity index (χ1v) is 11.5. The van der Waals surface area contributed by atoms with Crippen LogP contribution in [0.5, 0.6) is 5.75 Å². The number of ketones is 1. The fourth-order valence-electron chi connectivity index (χ4n) is 4.39. The van der Waals surface area contributed by atoms with Crippen LogP contribution in [0.15, 0.2) is 64.3 Å². The van der Waals surface area contributed by atoms with Gasteiger partial charge in [-0.2, -0.15) is 0 Å². The highest BCUT2D eigenvalue weighted by Gasteiger charge is 2.44. The van der Waals surface area contributed by atoms with Crippen LogP contribution in [0.4, 0.5) is 5.69 Å². The third-order valence-corrected chi connectivity index (χ3v) is 6.23. The van der Waals surface area contributed by atoms with Gasteiger partial charge in [0.25, 0.3) is 5.91 Å². The lowest BCUT2D eigenvalue weighted by Gasteiger charge is -2.27. The molecule has 0 saturated carbocycles. The molecule has 0 bridgehead atoms. The SMILES string of the molecule is CCCCCN1C(=O)C(O)=C(C(=O)c2cc3cccc(OC)c3o2)C1c1ccc(N(C)C)cc1. The third-order valence-electron chi connectivity index (χ3n) is 6.23. The largest absolute Gasteiger partial charge is 0.503 e. The second kappa shape index (κ2) is 9.63. The van der Waals surface area contributed by atoms with Gasteiger partial charge >= 0.3 is 0 Å². The molecule has 1 aliphatic rings. The molecule has 2 heterocycles. The van der Waals surface area contributed by atoms with Crippen molar-refractivity contribution in [2.45, 2.75) is 32.2 Å². The van der Waals surface area contributed by atoms with Crippen molar-refractivity contribution in [3.8, 4) is 5.75 Å². The minimum atomic E-state index is -0.692. The number of unbranched alkanes of at least 4 members (excludes halogenated alkanes) is 2. The van der Waals surface area contributed by atoms with Crippen LogP contribution in [0, 0.1) is 0 Å². The van der Waals surface area contributed by atoms with E-state index in [1.807, 2.05) is 55.4 Å². The number of nitrogens with zero attached hydrogens (tertiary/aromatic N) is 2. The average Bonchev–Trinajstić information content (AvgIpc) is 3.38. The van der Waals surface area contributed by atoms with Crippen LogP contribution in [0.25, 0.3) is 11.0 Å². The van der Waals surface area contributed by atoms with Gasteiger partial charge in [0, 0.05) is 31.7 Å². The zero-order valence-corrected chi connectivity index (χ0v) is 20.0. The molecule has 3 aromatic rings. The maximum Gasteiger partial charge on any atom is 0.290 e. The first-order chi connectivity index (χ1) is 16.4. The van der Waals surface area contributed by atoms with Gasteiger partial charge in [0.05, 0.1) is 18.7 Å². The number of amides is 1. The summed E-state index contributed by atoms with van der Waals surface area (Å²) < 4.78 is 11.2. The van der Waals surface area contributed by atoms with E-state index < -0.39 is 23.5 Å². The normalized spacial score (nSPS) is 15.9. The maximum absolute atomic E-state index is 13.7. The predicted molar refractivity (Wildman–Crippen MR) is 131 cm³/mol. The Hall–Kier alpha value is -3.74. The molecular formula is C27H30N2O5. The molecule has 0 fully saturated rings. The summed E-state index contributed by atoms with van der Waals surface area (Å²) in [5.74, 6) is -0.998. The van der Waals surface area contributed by atoms with Crippen molar-refractivity contribution in [3.05, 3.63) is 71.2 Å². The van der Waals surface area contributed by atoms with E-state index in [1.165, 1.54) is 7.11 Å². The zero-order valence-electron chi connectivity index (χ0n) is 20.0. The number of carbonyl (C=O) groups excluding carboxylic acids is 2. The molecule has 7 nitrogen and oxygen atoms in total. The summed E-state index contributed by atoms with van der Waals surface area (Å²) in [6, 6.07) is 14.0. The van der Waals surface area contributed by atoms with Gasteiger partial charge in [0.1, 0.15) is 0 Å². The monoisotopic (exact) mass is 462 g/mol. The number of carbonyl (C=O) groups is 2. The van der Waals surface area contributed by atoms with Crippen molar-refractivity contribution in [3.63, 3.8) is 0 Å². The van der Waals surface area contributed by atoms with Gasteiger partial charge in [0.2, 0.25) is 5.78 Å². The van der Waals surface area contributed by atoms with Crippen molar-refractivity contribution in [2.75, 3.05) is 32.6 Å². The molecule has 1 aromatic heterocycles. The number of fused-ring (bicyclic) bond motifs is 1. The summed E-state index contributed by atoms with van der Waals surface area (Å²) in [6.45, 7) is 2.53. The topological polar surface area (TPSA) is 83.2 Å². The molecule has 0 radical (unpaired) electrons. The number of furan rings is 1. The summed E-state index contributed by atoms with van der Waals surface area (Å²) in [7, 11) is 5.42. The highest BCUT2D eigenvalue weighted by molar-refractivity contribution is 6.16. The number of para-hydroxylation sites is 1. The number of ether oxygens (including phenoxy) is 1. The highest BCUT2D eigenvalue weighted by atomic mass is 16.5. The van der Waals surface area contributed by atoms with Gasteiger partial charge in [-0.15, -0.1) is 0 Å². The van der Waals surface area contributed by atoms with Crippen molar-refractivity contribution in [1.82, 2.24) is 4.90 Å². The highest BCUT2D eigenvalue weighted by Crippen LogP contribution is 2.40. The molecule has 1 N–H and O–H groups in total. The van der Waals surface area contributed by atoms with Crippen molar-refractivity contribution >= 4 is 28.3 Å². The number of methoxy groups -OCH3 is 1. The van der Waals surface area contributed by atoms with Crippen molar-refractivity contribution in [2.24, 2.45) is 0 Å². The molecule has 0 saturated heterocycles. The van der Waals surface area contributed by atoms with E-state index in [4.69, 9.17) is 9.15 Å². The fourth-order valence-corrected chi connectivity index (χ4v) is 4.39. The summed E-state index contributed by atoms with van der Waals surface area (Å²) in [5.41, 5.74) is 2.24. The lowest BCUT2D eigenvalue weighted by molar-refractivity contribution is -0.129. The van der Waals surface area contributed by atoms with Crippen LogP contribution in [-0.4, -0.2) is 49.4 Å². The van der Waals surface area contributed by atoms with Gasteiger partial charge in [0.15, 0.2) is 22.9 Å². The Kier molecular flexibility index (Phi) is 6.63. The molecule has 0 aliphatic carbocycles. The Morgan fingerprint density at radius 2 is 1.88 bits per heavy atom. The third kappa shape index (κ3) is 4.14. The van der Waals surface area contributed by atoms with Gasteiger partial charge < -0.3 is 24.1 Å². The molecule has 178 valence electrons. The molecule has 2 aromatic carbocycles. The van der Waals surface area contributed by atoms with Crippen molar-refractivity contribution in [1.29, 1.82) is 0 Å². The quantitative estimate of drug-likeness (QED) is 0.344. The van der Waals surface area contributed by atoms with E-state index in [-0.39, 0.29) is 11.3 Å². The summed E-state index contributed by atoms with van der Waals surface area (Å²) in [4.78, 5) is 30.3. The molecule has 1 aliphatic heterocycles. The maximum atomic E-state index is 13.7. The number of Topliss-reactive ketones (excluding diaryl/α,β-unsaturated/α-hetero) is 1. The van der Waals surface area contributed by atoms with Gasteiger partial charge in [-0.25, -0.2) is 0 Å². The first kappa shape index (κ1) is 23.4. The van der Waals surface area contributed by atoms with Crippen LogP contribution in [0.3, 0.4) is 0 Å². The Morgan fingerprint density at radius 1 is 1.15 bits per heavy atom. The molecule has 4 rings (SSSR count). The van der Waals surface area contributed by atoms with Gasteiger partial charge in [-0.05, 0) is 36.2 Å². The number of benzene rings is 2. The predicted octanol–water partition coefficient (Wildman–Crippen LogP) is 5.28. The Bertz CT molecular complexity index is 1240. The molecule has 1 amide bonds. The first-order valence-electron chi connectivity index (χ1n) is 11.5. The van der Waals surface area contributed by atoms with E-state index in [2.05, 4.69) is 6.92 Å². The number of anilines is 1. The fraction of sp³-hybridized carbons (Fsp3) is 0.333. The minimum absolute atomic E-state index is 0.0390. The van der Waals surface area contributed by atoms with E-state index in [9.17, 15) is 14.7 Å². The van der Waals surface area contributed by atoms with E-state index in [1.54, 1.807) is 17.0 Å². The van der Waals surface area contributed by atoms with Crippen LogP contribution >= 0.6 is 0 Å². The number of aliphatic hydroxyl groups is 1. The van der Waals surface area contributed by atoms with E-state index in [0.717, 1.165) is 30.5 Å². The van der Waals surface area contributed by atoms with Crippen LogP contribution in [0.2, 0.25) is 0 Å². The number of aliphatic hydroxyl groups excluding tert-OH is 1. The standard InChI is InChI=1S/C27H30N2O5/c1-5-6-7-15-29-23(17-11-13-19(14-12-17)28(2)3)22(25(31)27(29)32)24(30)21-16-18-9-8-10-20(33-4)26(18)34-21/h8-14,16,23,31H,5-7,15H2,1-4H3. The Labute approximate surface area is 199 Å². The summed E-state index contributed by atoms with van der Waals surface area (Å²) >= 11 is 0. The van der Waals surface area contributed by atoms with E-state index >= 15 is 0 Å². The number of hydrogen-bond acceptors (Lipinski definition) is 6. The molecular weight excluding hydrogens is 432 g/mol. The van der Waals surface area contributed by atoms with E-state index in [0.29, 0.717) is 23.3 Å². The Morgan fingerprint density at radius 3 is 2.53 bits per heavy atom. The lowest BCUT2D eigenvalue weighted by Crippen LogP contribution is -2.32. The minimum Gasteiger partial charge on any atom is -0.503 e. The van der Waals surface area contributed by atoms with Crippen molar-refractivity contribution < 1.29 is 23.8 Å². The Balaban J connectivity index is 1.77. The molecule has 34 heavy (non-hydrogen) atoms. The second-order valence-electron chi connectivity index (χ2n) is 8.67. The van der Waals surface area contributed by atoms with Crippen LogP contribution in [0.1, 0.15) is 48.3 Å². The summed E-state index contributed by atoms with van der Waals surface area (Å²) in [6.07, 6.45) is 2.73. The van der Waals surface area contributed by atoms with Gasteiger partial charge in [-0.1, -0.05) is 44.0 Å². The second-order valence-corrected chi connectivity index (χ2v) is 8.67. The number of rotatable bonds is 9. The average molecular weight is 463 g/mol. The molecule has 7 heteroatoms. The van der Waals surface area contributed by atoms with Crippen LogP contribution < -0.4 is 9.64 Å². The van der Waals surface area contributed by atoms with Gasteiger partial charge in [-0.3, -0.25) is 9.59 Å². The summed E-state index contributed by atoms with van der Waals surface area (Å²) in [5, 5.41) is 11.6. The van der Waals surface area contributed by atoms with Crippen LogP contribution in [-0.2, 0) is 4.79 Å². The smallest absolute Gasteiger partial charge is 0.290 e.